The summed E-state index contributed by atoms with van der Waals surface area (Å²) in [6.45, 7) is 0. The maximum atomic E-state index is 12.5. The Labute approximate surface area is 72.8 Å². The zero-order chi connectivity index (χ0) is 9.14. The molecule has 0 unspecified atom stereocenters. The molecule has 3 nitrogen and oxygen atoms in total. The van der Waals surface area contributed by atoms with E-state index in [1.165, 1.54) is 6.07 Å². The van der Waals surface area contributed by atoms with Crippen molar-refractivity contribution in [1.29, 1.82) is 0 Å². The fraction of sp³-hybridized carbons (Fsp3) is 0.143. The highest BCUT2D eigenvalue weighted by atomic mass is 35.5. The molecule has 0 saturated carbocycles. The molecule has 1 aromatic heterocycles. The van der Waals surface area contributed by atoms with Gasteiger partial charge < -0.3 is 5.11 Å². The summed E-state index contributed by atoms with van der Waals surface area (Å²) in [5.41, 5.74) is 0.244. The number of nitrogens with zero attached hydrogens (tertiary/aromatic N) is 1. The summed E-state index contributed by atoms with van der Waals surface area (Å²) in [7, 11) is 0. The quantitative estimate of drug-likeness (QED) is 0.767. The number of aliphatic carboxylic acids is 1. The van der Waals surface area contributed by atoms with E-state index in [0.717, 1.165) is 6.20 Å². The van der Waals surface area contributed by atoms with Crippen LogP contribution in [-0.2, 0) is 11.2 Å². The minimum Gasteiger partial charge on any atom is -0.481 e. The van der Waals surface area contributed by atoms with Gasteiger partial charge in [0.25, 0.3) is 0 Å². The number of hydrogen-bond acceptors (Lipinski definition) is 2. The highest BCUT2D eigenvalue weighted by Crippen LogP contribution is 2.13. The number of halogens is 2. The molecule has 0 atom stereocenters. The fourth-order valence-corrected chi connectivity index (χ4v) is 0.880. The maximum Gasteiger partial charge on any atom is 0.309 e. The summed E-state index contributed by atoms with van der Waals surface area (Å²) in [5, 5.41) is 8.24. The predicted molar refractivity (Wildman–Crippen MR) is 40.5 cm³/mol. The Hall–Kier alpha value is -1.16. The van der Waals surface area contributed by atoms with Crippen molar-refractivity contribution < 1.29 is 14.3 Å². The number of carboxylic acids is 1. The van der Waals surface area contributed by atoms with Crippen LogP contribution in [0.1, 0.15) is 5.69 Å². The molecule has 0 radical (unpaired) electrons. The summed E-state index contributed by atoms with van der Waals surface area (Å²) in [5.74, 6) is -1.67. The van der Waals surface area contributed by atoms with E-state index >= 15 is 0 Å². The predicted octanol–water partition coefficient (Wildman–Crippen LogP) is 1.50. The van der Waals surface area contributed by atoms with Gasteiger partial charge in [0.1, 0.15) is 0 Å². The minimum atomic E-state index is -1.02. The molecular weight excluding hydrogens is 185 g/mol. The van der Waals surface area contributed by atoms with Crippen molar-refractivity contribution in [2.45, 2.75) is 6.42 Å². The van der Waals surface area contributed by atoms with Crippen LogP contribution in [0.3, 0.4) is 0 Å². The number of pyridine rings is 1. The second-order valence-electron chi connectivity index (χ2n) is 2.16. The molecule has 0 aliphatic heterocycles. The topological polar surface area (TPSA) is 50.2 Å². The highest BCUT2D eigenvalue weighted by Gasteiger charge is 2.05. The van der Waals surface area contributed by atoms with Crippen LogP contribution in [0, 0.1) is 5.82 Å². The summed E-state index contributed by atoms with van der Waals surface area (Å²) in [6.07, 6.45) is 0.653. The maximum absolute atomic E-state index is 12.5. The Balaban J connectivity index is 2.89. The SMILES string of the molecule is O=C(O)Cc1cc(Cl)c(F)cn1. The van der Waals surface area contributed by atoms with E-state index < -0.39 is 11.8 Å². The lowest BCUT2D eigenvalue weighted by atomic mass is 10.3. The van der Waals surface area contributed by atoms with Gasteiger partial charge in [0, 0.05) is 0 Å². The zero-order valence-corrected chi connectivity index (χ0v) is 6.68. The Morgan fingerprint density at radius 1 is 1.75 bits per heavy atom. The number of hydrogen-bond donors (Lipinski definition) is 1. The standard InChI is InChI=1S/C7H5ClFNO2/c8-5-1-4(2-7(11)12)10-3-6(5)9/h1,3H,2H2,(H,11,12). The van der Waals surface area contributed by atoms with Crippen LogP contribution >= 0.6 is 11.6 Å². The van der Waals surface area contributed by atoms with Crippen molar-refractivity contribution in [2.75, 3.05) is 0 Å². The van der Waals surface area contributed by atoms with Crippen LogP contribution in [-0.4, -0.2) is 16.1 Å². The average Bonchev–Trinajstić information content (AvgIpc) is 1.96. The number of carbonyl (C=O) groups is 1. The van der Waals surface area contributed by atoms with Crippen LogP contribution in [0.25, 0.3) is 0 Å². The highest BCUT2D eigenvalue weighted by molar-refractivity contribution is 6.30. The molecule has 0 bridgehead atoms. The summed E-state index contributed by atoms with van der Waals surface area (Å²) in [6, 6.07) is 1.20. The van der Waals surface area contributed by atoms with Crippen molar-refractivity contribution in [3.8, 4) is 0 Å². The Morgan fingerprint density at radius 3 is 2.92 bits per heavy atom. The lowest BCUT2D eigenvalue weighted by Gasteiger charge is -1.96. The molecule has 1 rings (SSSR count). The Kier molecular flexibility index (Phi) is 2.60. The van der Waals surface area contributed by atoms with E-state index in [2.05, 4.69) is 4.98 Å². The largest absolute Gasteiger partial charge is 0.481 e. The first-order chi connectivity index (χ1) is 5.59. The van der Waals surface area contributed by atoms with Gasteiger partial charge >= 0.3 is 5.97 Å². The molecule has 0 amide bonds. The first-order valence-corrected chi connectivity index (χ1v) is 3.49. The van der Waals surface area contributed by atoms with E-state index in [1.54, 1.807) is 0 Å². The zero-order valence-electron chi connectivity index (χ0n) is 5.92. The molecule has 0 aliphatic carbocycles. The molecule has 0 spiro atoms. The second-order valence-corrected chi connectivity index (χ2v) is 2.57. The molecule has 1 aromatic rings. The molecule has 0 saturated heterocycles. The van der Waals surface area contributed by atoms with Crippen LogP contribution in [0.4, 0.5) is 4.39 Å². The van der Waals surface area contributed by atoms with E-state index in [0.29, 0.717) is 0 Å². The van der Waals surface area contributed by atoms with Gasteiger partial charge in [-0.05, 0) is 6.07 Å². The van der Waals surface area contributed by atoms with Gasteiger partial charge in [-0.25, -0.2) is 4.39 Å². The normalized spacial score (nSPS) is 9.83. The third-order valence-corrected chi connectivity index (χ3v) is 1.49. The third kappa shape index (κ3) is 2.17. The minimum absolute atomic E-state index is 0.110. The lowest BCUT2D eigenvalue weighted by Crippen LogP contribution is -2.02. The molecule has 5 heteroatoms. The first kappa shape index (κ1) is 8.93. The number of rotatable bonds is 2. The Morgan fingerprint density at radius 2 is 2.42 bits per heavy atom. The molecular formula is C7H5ClFNO2. The fourth-order valence-electron chi connectivity index (χ4n) is 0.705. The molecule has 1 heterocycles. The Bertz CT molecular complexity index is 316. The lowest BCUT2D eigenvalue weighted by molar-refractivity contribution is -0.136. The molecule has 12 heavy (non-hydrogen) atoms. The summed E-state index contributed by atoms with van der Waals surface area (Å²) >= 11 is 5.39. The first-order valence-electron chi connectivity index (χ1n) is 3.11. The van der Waals surface area contributed by atoms with Crippen LogP contribution < -0.4 is 0 Å². The van der Waals surface area contributed by atoms with Crippen LogP contribution in [0.5, 0.6) is 0 Å². The van der Waals surface area contributed by atoms with Crippen LogP contribution in [0.15, 0.2) is 12.3 Å². The van der Waals surface area contributed by atoms with Crippen molar-refractivity contribution >= 4 is 17.6 Å². The second kappa shape index (κ2) is 3.49. The van der Waals surface area contributed by atoms with E-state index in [-0.39, 0.29) is 17.1 Å². The van der Waals surface area contributed by atoms with Crippen molar-refractivity contribution in [3.63, 3.8) is 0 Å². The smallest absolute Gasteiger partial charge is 0.309 e. The van der Waals surface area contributed by atoms with Gasteiger partial charge in [0.15, 0.2) is 5.82 Å². The van der Waals surface area contributed by atoms with Gasteiger partial charge in [0.05, 0.1) is 23.3 Å². The van der Waals surface area contributed by atoms with Crippen molar-refractivity contribution in [2.24, 2.45) is 0 Å². The molecule has 1 N–H and O–H groups in total. The van der Waals surface area contributed by atoms with Crippen LogP contribution in [0.2, 0.25) is 5.02 Å². The average molecular weight is 190 g/mol. The summed E-state index contributed by atoms with van der Waals surface area (Å²) in [4.78, 5) is 13.7. The van der Waals surface area contributed by atoms with E-state index in [1.807, 2.05) is 0 Å². The van der Waals surface area contributed by atoms with Gasteiger partial charge in [-0.2, -0.15) is 0 Å². The monoisotopic (exact) mass is 189 g/mol. The molecule has 0 aromatic carbocycles. The summed E-state index contributed by atoms with van der Waals surface area (Å²) < 4.78 is 12.5. The molecule has 0 aliphatic rings. The third-order valence-electron chi connectivity index (χ3n) is 1.20. The van der Waals surface area contributed by atoms with Crippen molar-refractivity contribution in [1.82, 2.24) is 4.98 Å². The van der Waals surface area contributed by atoms with Gasteiger partial charge in [-0.1, -0.05) is 11.6 Å². The number of aromatic nitrogens is 1. The molecule has 0 fully saturated rings. The number of carboxylic acid groups (broad SMARTS) is 1. The van der Waals surface area contributed by atoms with Gasteiger partial charge in [-0.15, -0.1) is 0 Å². The van der Waals surface area contributed by atoms with Crippen molar-refractivity contribution in [3.05, 3.63) is 28.8 Å². The van der Waals surface area contributed by atoms with E-state index in [9.17, 15) is 9.18 Å². The van der Waals surface area contributed by atoms with Gasteiger partial charge in [0.2, 0.25) is 0 Å². The van der Waals surface area contributed by atoms with E-state index in [4.69, 9.17) is 16.7 Å². The van der Waals surface area contributed by atoms with Gasteiger partial charge in [-0.3, -0.25) is 9.78 Å². The molecule has 64 valence electrons.